The summed E-state index contributed by atoms with van der Waals surface area (Å²) >= 11 is 1.81. The van der Waals surface area contributed by atoms with Gasteiger partial charge in [-0.3, -0.25) is 0 Å². The number of aromatic nitrogens is 2. The van der Waals surface area contributed by atoms with Crippen molar-refractivity contribution < 1.29 is 0 Å². The van der Waals surface area contributed by atoms with Crippen molar-refractivity contribution in [3.63, 3.8) is 0 Å². The molecule has 0 atom stereocenters. The summed E-state index contributed by atoms with van der Waals surface area (Å²) in [5, 5.41) is 14.4. The van der Waals surface area contributed by atoms with E-state index in [1.165, 1.54) is 42.1 Å². The van der Waals surface area contributed by atoms with Crippen LogP contribution >= 0.6 is 11.3 Å². The Morgan fingerprint density at radius 3 is 2.50 bits per heavy atom. The Kier molecular flexibility index (Phi) is 5.57. The largest absolute Gasteiger partial charge is 0.314 e. The fourth-order valence-corrected chi connectivity index (χ4v) is 3.44. The molecule has 2 rings (SSSR count). The van der Waals surface area contributed by atoms with Gasteiger partial charge < -0.3 is 5.32 Å². The van der Waals surface area contributed by atoms with Gasteiger partial charge in [0.2, 0.25) is 0 Å². The number of hydrogen-bond donors (Lipinski definition) is 1. The molecule has 0 bridgehead atoms. The lowest BCUT2D eigenvalue weighted by atomic mass is 10.0. The van der Waals surface area contributed by atoms with E-state index < -0.39 is 0 Å². The lowest BCUT2D eigenvalue weighted by Crippen LogP contribution is -2.24. The molecule has 1 N–H and O–H groups in total. The Hall–Kier alpha value is -0.480. The molecule has 1 aliphatic carbocycles. The number of nitrogens with zero attached hydrogens (tertiary/aromatic N) is 2. The molecule has 1 aromatic heterocycles. The van der Waals surface area contributed by atoms with Gasteiger partial charge in [-0.25, -0.2) is 0 Å². The lowest BCUT2D eigenvalue weighted by Gasteiger charge is -2.05. The van der Waals surface area contributed by atoms with E-state index in [0.717, 1.165) is 25.3 Å². The molecule has 0 spiro atoms. The minimum absolute atomic E-state index is 0.555. The fraction of sp³-hybridized carbons (Fsp3) is 0.857. The minimum atomic E-state index is 0.555. The average Bonchev–Trinajstić information content (AvgIpc) is 2.96. The molecule has 1 saturated carbocycles. The van der Waals surface area contributed by atoms with Crippen molar-refractivity contribution in [3.8, 4) is 0 Å². The van der Waals surface area contributed by atoms with Gasteiger partial charge in [-0.2, -0.15) is 0 Å². The standard InChI is InChI=1S/C14H25N3S/c1-11(2)15-10-9-14-17-16-13(18-14)8-7-12-5-3-4-6-12/h11-12,15H,3-10H2,1-2H3. The van der Waals surface area contributed by atoms with Gasteiger partial charge in [0.05, 0.1) is 0 Å². The first kappa shape index (κ1) is 13.9. The van der Waals surface area contributed by atoms with Crippen LogP contribution in [0.25, 0.3) is 0 Å². The van der Waals surface area contributed by atoms with Crippen molar-refractivity contribution in [2.45, 2.75) is 64.8 Å². The van der Waals surface area contributed by atoms with Gasteiger partial charge in [-0.1, -0.05) is 39.5 Å². The fourth-order valence-electron chi connectivity index (χ4n) is 2.58. The molecule has 3 nitrogen and oxygen atoms in total. The summed E-state index contributed by atoms with van der Waals surface area (Å²) in [4.78, 5) is 0. The zero-order chi connectivity index (χ0) is 12.8. The smallest absolute Gasteiger partial charge is 0.118 e. The van der Waals surface area contributed by atoms with Crippen LogP contribution in [0.2, 0.25) is 0 Å². The van der Waals surface area contributed by atoms with Gasteiger partial charge >= 0.3 is 0 Å². The number of nitrogens with one attached hydrogen (secondary N) is 1. The number of hydrogen-bond acceptors (Lipinski definition) is 4. The highest BCUT2D eigenvalue weighted by Gasteiger charge is 2.15. The molecule has 102 valence electrons. The molecule has 18 heavy (non-hydrogen) atoms. The average molecular weight is 267 g/mol. The van der Waals surface area contributed by atoms with Crippen LogP contribution < -0.4 is 5.32 Å². The summed E-state index contributed by atoms with van der Waals surface area (Å²) in [6.45, 7) is 5.36. The van der Waals surface area contributed by atoms with Crippen LogP contribution in [0.4, 0.5) is 0 Å². The second-order valence-corrected chi connectivity index (χ2v) is 6.78. The summed E-state index contributed by atoms with van der Waals surface area (Å²) in [5.41, 5.74) is 0. The van der Waals surface area contributed by atoms with Crippen LogP contribution in [-0.4, -0.2) is 22.8 Å². The predicted molar refractivity (Wildman–Crippen MR) is 77.0 cm³/mol. The van der Waals surface area contributed by atoms with E-state index in [9.17, 15) is 0 Å². The Labute approximate surface area is 114 Å². The first-order valence-corrected chi connectivity index (χ1v) is 8.10. The van der Waals surface area contributed by atoms with Gasteiger partial charge in [-0.05, 0) is 12.3 Å². The molecule has 1 aliphatic rings. The molecule has 0 saturated heterocycles. The Morgan fingerprint density at radius 2 is 1.83 bits per heavy atom. The first-order valence-electron chi connectivity index (χ1n) is 7.28. The summed E-state index contributed by atoms with van der Waals surface area (Å²) < 4.78 is 0. The maximum atomic E-state index is 4.32. The van der Waals surface area contributed by atoms with Crippen molar-refractivity contribution in [3.05, 3.63) is 10.0 Å². The molecule has 0 aliphatic heterocycles. The van der Waals surface area contributed by atoms with Crippen molar-refractivity contribution >= 4 is 11.3 Å². The summed E-state index contributed by atoms with van der Waals surface area (Å²) in [6, 6.07) is 0.555. The van der Waals surface area contributed by atoms with E-state index in [-0.39, 0.29) is 0 Å². The van der Waals surface area contributed by atoms with Crippen LogP contribution in [0.5, 0.6) is 0 Å². The van der Waals surface area contributed by atoms with Crippen LogP contribution in [-0.2, 0) is 12.8 Å². The molecule has 0 radical (unpaired) electrons. The summed E-state index contributed by atoms with van der Waals surface area (Å²) in [7, 11) is 0. The molecule has 1 fully saturated rings. The molecule has 0 amide bonds. The normalized spacial score (nSPS) is 16.8. The summed E-state index contributed by atoms with van der Waals surface area (Å²) in [5.74, 6) is 0.958. The van der Waals surface area contributed by atoms with E-state index in [1.54, 1.807) is 11.3 Å². The SMILES string of the molecule is CC(C)NCCc1nnc(CCC2CCCC2)s1. The van der Waals surface area contributed by atoms with E-state index in [0.29, 0.717) is 6.04 Å². The third kappa shape index (κ3) is 4.65. The number of rotatable bonds is 7. The lowest BCUT2D eigenvalue weighted by molar-refractivity contribution is 0.502. The third-order valence-corrected chi connectivity index (χ3v) is 4.68. The van der Waals surface area contributed by atoms with Crippen LogP contribution in [0.3, 0.4) is 0 Å². The van der Waals surface area contributed by atoms with Crippen molar-refractivity contribution in [2.75, 3.05) is 6.54 Å². The van der Waals surface area contributed by atoms with Gasteiger partial charge in [0.15, 0.2) is 0 Å². The van der Waals surface area contributed by atoms with E-state index >= 15 is 0 Å². The van der Waals surface area contributed by atoms with Crippen LogP contribution in [0.15, 0.2) is 0 Å². The van der Waals surface area contributed by atoms with Gasteiger partial charge in [-0.15, -0.1) is 21.5 Å². The monoisotopic (exact) mass is 267 g/mol. The highest BCUT2D eigenvalue weighted by molar-refractivity contribution is 7.11. The van der Waals surface area contributed by atoms with Gasteiger partial charge in [0.25, 0.3) is 0 Å². The maximum Gasteiger partial charge on any atom is 0.118 e. The molecule has 0 aromatic carbocycles. The maximum absolute atomic E-state index is 4.32. The van der Waals surface area contributed by atoms with Crippen LogP contribution in [0.1, 0.15) is 56.0 Å². The van der Waals surface area contributed by atoms with Crippen molar-refractivity contribution in [1.29, 1.82) is 0 Å². The van der Waals surface area contributed by atoms with Crippen molar-refractivity contribution in [1.82, 2.24) is 15.5 Å². The van der Waals surface area contributed by atoms with E-state index in [1.807, 2.05) is 0 Å². The van der Waals surface area contributed by atoms with E-state index in [2.05, 4.69) is 29.4 Å². The predicted octanol–water partition coefficient (Wildman–Crippen LogP) is 3.20. The summed E-state index contributed by atoms with van der Waals surface area (Å²) in [6.07, 6.45) is 9.21. The topological polar surface area (TPSA) is 37.8 Å². The minimum Gasteiger partial charge on any atom is -0.314 e. The van der Waals surface area contributed by atoms with Gasteiger partial charge in [0, 0.05) is 25.4 Å². The quantitative estimate of drug-likeness (QED) is 0.824. The van der Waals surface area contributed by atoms with E-state index in [4.69, 9.17) is 0 Å². The number of aryl methyl sites for hydroxylation is 1. The highest BCUT2D eigenvalue weighted by Crippen LogP contribution is 2.29. The zero-order valence-electron chi connectivity index (χ0n) is 11.6. The Balaban J connectivity index is 1.68. The molecule has 1 aromatic rings. The second kappa shape index (κ2) is 7.19. The Bertz CT molecular complexity index is 343. The molecule has 0 unspecified atom stereocenters. The Morgan fingerprint density at radius 1 is 1.17 bits per heavy atom. The first-order chi connectivity index (χ1) is 8.74. The molecule has 1 heterocycles. The molecular weight excluding hydrogens is 242 g/mol. The van der Waals surface area contributed by atoms with Crippen LogP contribution in [0, 0.1) is 5.92 Å². The second-order valence-electron chi connectivity index (χ2n) is 5.64. The third-order valence-electron chi connectivity index (χ3n) is 3.64. The zero-order valence-corrected chi connectivity index (χ0v) is 12.4. The highest BCUT2D eigenvalue weighted by atomic mass is 32.1. The van der Waals surface area contributed by atoms with Crippen molar-refractivity contribution in [2.24, 2.45) is 5.92 Å². The molecule has 4 heteroatoms. The van der Waals surface area contributed by atoms with Gasteiger partial charge in [0.1, 0.15) is 10.0 Å². The molecular formula is C14H25N3S.